The van der Waals surface area contributed by atoms with Gasteiger partial charge in [-0.05, 0) is 24.3 Å². The van der Waals surface area contributed by atoms with Gasteiger partial charge in [0.15, 0.2) is 0 Å². The second-order valence-electron chi connectivity index (χ2n) is 4.95. The Morgan fingerprint density at radius 1 is 1.16 bits per heavy atom. The van der Waals surface area contributed by atoms with Crippen LogP contribution in [0.1, 0.15) is 55.6 Å². The van der Waals surface area contributed by atoms with E-state index in [4.69, 9.17) is 11.3 Å². The van der Waals surface area contributed by atoms with Crippen LogP contribution in [-0.4, -0.2) is 12.8 Å². The van der Waals surface area contributed by atoms with Crippen LogP contribution in [-0.2, 0) is 4.84 Å². The van der Waals surface area contributed by atoms with E-state index in [9.17, 15) is 0 Å². The molecule has 99 valence electrons. The highest BCUT2D eigenvalue weighted by atomic mass is 16.6. The first-order chi connectivity index (χ1) is 9.40. The van der Waals surface area contributed by atoms with E-state index in [0.29, 0.717) is 13.0 Å². The van der Waals surface area contributed by atoms with E-state index in [1.807, 2.05) is 0 Å². The molecule has 1 aliphatic carbocycles. The third-order valence-corrected chi connectivity index (χ3v) is 3.56. The second-order valence-corrected chi connectivity index (χ2v) is 4.95. The van der Waals surface area contributed by atoms with E-state index in [-0.39, 0.29) is 0 Å². The maximum atomic E-state index is 5.12. The van der Waals surface area contributed by atoms with Crippen LogP contribution in [0.3, 0.4) is 0 Å². The summed E-state index contributed by atoms with van der Waals surface area (Å²) in [6, 6.07) is 8.49. The fourth-order valence-electron chi connectivity index (χ4n) is 2.50. The van der Waals surface area contributed by atoms with Crippen molar-refractivity contribution >= 4 is 6.21 Å². The number of terminal acetylenes is 1. The molecule has 2 rings (SSSR count). The first-order valence-corrected chi connectivity index (χ1v) is 7.01. The Morgan fingerprint density at radius 3 is 2.58 bits per heavy atom. The van der Waals surface area contributed by atoms with Crippen molar-refractivity contribution in [3.63, 3.8) is 0 Å². The Kier molecular flexibility index (Phi) is 5.49. The predicted octanol–water partition coefficient (Wildman–Crippen LogP) is 3.99. The van der Waals surface area contributed by atoms with Gasteiger partial charge in [-0.2, -0.15) is 0 Å². The molecule has 0 unspecified atom stereocenters. The first kappa shape index (κ1) is 13.7. The minimum Gasteiger partial charge on any atom is -0.394 e. The molecule has 0 atom stereocenters. The Hall–Kier alpha value is -1.75. The zero-order chi connectivity index (χ0) is 13.3. The molecule has 2 nitrogen and oxygen atoms in total. The summed E-state index contributed by atoms with van der Waals surface area (Å²) in [5, 5.41) is 3.78. The van der Waals surface area contributed by atoms with Crippen molar-refractivity contribution in [1.82, 2.24) is 0 Å². The smallest absolute Gasteiger partial charge is 0.139 e. The lowest BCUT2D eigenvalue weighted by Crippen LogP contribution is -2.04. The lowest BCUT2D eigenvalue weighted by atomic mass is 9.84. The van der Waals surface area contributed by atoms with Crippen molar-refractivity contribution in [3.8, 4) is 12.3 Å². The minimum absolute atomic E-state index is 0.448. The third-order valence-electron chi connectivity index (χ3n) is 3.56. The molecule has 0 saturated heterocycles. The van der Waals surface area contributed by atoms with Crippen molar-refractivity contribution in [3.05, 3.63) is 35.4 Å². The molecule has 19 heavy (non-hydrogen) atoms. The van der Waals surface area contributed by atoms with Crippen LogP contribution >= 0.6 is 0 Å². The Morgan fingerprint density at radius 2 is 1.89 bits per heavy atom. The lowest BCUT2D eigenvalue weighted by Gasteiger charge is -2.21. The predicted molar refractivity (Wildman–Crippen MR) is 78.2 cm³/mol. The summed E-state index contributed by atoms with van der Waals surface area (Å²) < 4.78 is 0. The summed E-state index contributed by atoms with van der Waals surface area (Å²) in [5.74, 6) is 3.24. The number of rotatable bonds is 5. The maximum Gasteiger partial charge on any atom is 0.139 e. The van der Waals surface area contributed by atoms with Crippen molar-refractivity contribution in [1.29, 1.82) is 0 Å². The molecule has 0 N–H and O–H groups in total. The van der Waals surface area contributed by atoms with E-state index < -0.39 is 0 Å². The molecule has 0 aliphatic heterocycles. The molecule has 1 saturated carbocycles. The average Bonchev–Trinajstić information content (AvgIpc) is 2.49. The van der Waals surface area contributed by atoms with Gasteiger partial charge in [-0.3, -0.25) is 0 Å². The normalized spacial score (nSPS) is 16.4. The largest absolute Gasteiger partial charge is 0.394 e. The molecule has 1 radical (unpaired) electrons. The molecule has 1 aromatic carbocycles. The quantitative estimate of drug-likeness (QED) is 0.337. The highest BCUT2D eigenvalue weighted by Crippen LogP contribution is 2.32. The zero-order valence-electron chi connectivity index (χ0n) is 11.3. The minimum atomic E-state index is 0.448. The lowest BCUT2D eigenvalue weighted by molar-refractivity contribution is 0.152. The number of benzene rings is 1. The topological polar surface area (TPSA) is 21.6 Å². The van der Waals surface area contributed by atoms with E-state index in [0.717, 1.165) is 11.5 Å². The molecule has 0 heterocycles. The second kappa shape index (κ2) is 7.63. The standard InChI is InChI=1S/C17H20NO/c1-2-3-13-19-18-14-15-9-11-17(12-10-15)16-7-5-4-6-8-16/h1,9-12,16H,3-8,13H2. The molecule has 0 bridgehead atoms. The van der Waals surface area contributed by atoms with Crippen molar-refractivity contribution in [2.24, 2.45) is 5.16 Å². The SMILES string of the molecule is C#CCCON=[C]c1ccc(C2CCCCC2)cc1. The number of hydrogen-bond donors (Lipinski definition) is 0. The Bertz CT molecular complexity index is 435. The van der Waals surface area contributed by atoms with Gasteiger partial charge in [0.05, 0.1) is 0 Å². The van der Waals surface area contributed by atoms with Gasteiger partial charge in [-0.25, -0.2) is 0 Å². The van der Waals surface area contributed by atoms with E-state index in [2.05, 4.69) is 41.6 Å². The van der Waals surface area contributed by atoms with Gasteiger partial charge in [0.25, 0.3) is 0 Å². The highest BCUT2D eigenvalue weighted by molar-refractivity contribution is 5.79. The van der Waals surface area contributed by atoms with Gasteiger partial charge in [-0.15, -0.1) is 12.3 Å². The van der Waals surface area contributed by atoms with Crippen LogP contribution in [0.5, 0.6) is 0 Å². The number of nitrogens with zero attached hydrogens (tertiary/aromatic N) is 1. The summed E-state index contributed by atoms with van der Waals surface area (Å²) in [7, 11) is 0. The summed E-state index contributed by atoms with van der Waals surface area (Å²) >= 11 is 0. The highest BCUT2D eigenvalue weighted by Gasteiger charge is 2.14. The molecule has 1 aromatic rings. The summed E-state index contributed by atoms with van der Waals surface area (Å²) in [6.07, 6.45) is 15.3. The van der Waals surface area contributed by atoms with Crippen molar-refractivity contribution < 1.29 is 4.84 Å². The first-order valence-electron chi connectivity index (χ1n) is 7.01. The van der Waals surface area contributed by atoms with E-state index >= 15 is 0 Å². The Labute approximate surface area is 115 Å². The van der Waals surface area contributed by atoms with Crippen LogP contribution in [0.15, 0.2) is 29.4 Å². The van der Waals surface area contributed by atoms with Gasteiger partial charge >= 0.3 is 0 Å². The molecule has 0 amide bonds. The molecular formula is C17H20NO. The van der Waals surface area contributed by atoms with Crippen LogP contribution in [0, 0.1) is 12.3 Å². The summed E-state index contributed by atoms with van der Waals surface area (Å²) in [4.78, 5) is 5.00. The molecular weight excluding hydrogens is 234 g/mol. The van der Waals surface area contributed by atoms with Crippen molar-refractivity contribution in [2.75, 3.05) is 6.61 Å². The summed E-state index contributed by atoms with van der Waals surface area (Å²) in [5.41, 5.74) is 2.39. The molecule has 1 fully saturated rings. The molecule has 2 heteroatoms. The van der Waals surface area contributed by atoms with Crippen LogP contribution < -0.4 is 0 Å². The van der Waals surface area contributed by atoms with Gasteiger partial charge < -0.3 is 4.84 Å². The number of hydrogen-bond acceptors (Lipinski definition) is 2. The van der Waals surface area contributed by atoms with Gasteiger partial charge in [0, 0.05) is 12.0 Å². The van der Waals surface area contributed by atoms with Crippen LogP contribution in [0.2, 0.25) is 0 Å². The molecule has 0 aromatic heterocycles. The fourth-order valence-corrected chi connectivity index (χ4v) is 2.50. The third kappa shape index (κ3) is 4.44. The fraction of sp³-hybridized carbons (Fsp3) is 0.471. The molecule has 1 aliphatic rings. The van der Waals surface area contributed by atoms with Crippen LogP contribution in [0.4, 0.5) is 0 Å². The van der Waals surface area contributed by atoms with Gasteiger partial charge in [0.2, 0.25) is 0 Å². The summed E-state index contributed by atoms with van der Waals surface area (Å²) in [6.45, 7) is 0.448. The zero-order valence-corrected chi connectivity index (χ0v) is 11.3. The van der Waals surface area contributed by atoms with E-state index in [1.54, 1.807) is 0 Å². The molecule has 0 spiro atoms. The monoisotopic (exact) mass is 254 g/mol. The van der Waals surface area contributed by atoms with E-state index in [1.165, 1.54) is 37.7 Å². The van der Waals surface area contributed by atoms with Gasteiger partial charge in [-0.1, -0.05) is 48.7 Å². The Balaban J connectivity index is 1.85. The van der Waals surface area contributed by atoms with Crippen LogP contribution in [0.25, 0.3) is 0 Å². The van der Waals surface area contributed by atoms with Gasteiger partial charge in [0.1, 0.15) is 12.8 Å². The maximum absolute atomic E-state index is 5.12. The van der Waals surface area contributed by atoms with Crippen molar-refractivity contribution in [2.45, 2.75) is 44.4 Å². The average molecular weight is 254 g/mol.